The molecule has 1 aliphatic heterocycles. The first-order valence-electron chi connectivity index (χ1n) is 12.5. The van der Waals surface area contributed by atoms with Crippen LogP contribution in [0.25, 0.3) is 0 Å². The first-order valence-corrected chi connectivity index (χ1v) is 12.5. The molecule has 4 unspecified atom stereocenters. The van der Waals surface area contributed by atoms with E-state index < -0.39 is 90.6 Å². The molecule has 0 saturated carbocycles. The summed E-state index contributed by atoms with van der Waals surface area (Å²) in [5.74, 6) is -11.2. The molecule has 4 N–H and O–H groups in total. The molecular formula is C24H30F18O7. The Hall–Kier alpha value is -2.51. The van der Waals surface area contributed by atoms with Crippen LogP contribution in [0, 0.1) is 11.8 Å². The summed E-state index contributed by atoms with van der Waals surface area (Å²) in [6.45, 7) is 4.21. The van der Waals surface area contributed by atoms with E-state index in [1.165, 1.54) is 0 Å². The van der Waals surface area contributed by atoms with Crippen molar-refractivity contribution in [3.63, 3.8) is 0 Å². The smallest absolute Gasteiger partial charge is 0.455 e. The second-order valence-electron chi connectivity index (χ2n) is 9.77. The van der Waals surface area contributed by atoms with Crippen LogP contribution in [-0.2, 0) is 14.3 Å². The average Bonchev–Trinajstić information content (AvgIpc) is 3.18. The van der Waals surface area contributed by atoms with Crippen molar-refractivity contribution < 1.29 is 114 Å². The van der Waals surface area contributed by atoms with E-state index in [0.29, 0.717) is 13.8 Å². The maximum atomic E-state index is 12.4. The number of carbonyl (C=O) groups excluding carboxylic acids is 1. The number of rotatable bonds is 5. The van der Waals surface area contributed by atoms with Gasteiger partial charge >= 0.3 is 42.8 Å². The lowest BCUT2D eigenvalue weighted by atomic mass is 9.87. The lowest BCUT2D eigenvalue weighted by molar-refractivity contribution is -0.445. The molecule has 0 aromatic carbocycles. The fraction of sp³-hybridized carbons (Fsp3) is 0.792. The predicted octanol–water partition coefficient (Wildman–Crippen LogP) is 7.20. The monoisotopic (exact) mass is 772 g/mol. The number of hydrogen-bond acceptors (Lipinski definition) is 7. The number of halogens is 18. The molecule has 0 aromatic rings. The Morgan fingerprint density at radius 1 is 0.857 bits per heavy atom. The van der Waals surface area contributed by atoms with E-state index in [2.05, 4.69) is 9.47 Å². The van der Waals surface area contributed by atoms with Crippen LogP contribution in [0.2, 0.25) is 0 Å². The minimum absolute atomic E-state index is 0.107. The van der Waals surface area contributed by atoms with E-state index in [0.717, 1.165) is 6.92 Å². The Balaban J connectivity index is -0.000000668. The molecule has 0 amide bonds. The molecule has 0 aliphatic carbocycles. The molecular weight excluding hydrogens is 742 g/mol. The number of ether oxygens (including phenoxy) is 2. The SMILES string of the molecule is C/C=C/CO.CC(/C=C/OC(O)(C(F)(F)F)C(F)(F)F)C(C)(O)C(F)(F)F.CC(=O)C(F)(F)F.CC1CC(O)OC1(C(F)(F)F)C(F)(F)F. The minimum atomic E-state index is -6.29. The third-order valence-corrected chi connectivity index (χ3v) is 5.99. The van der Waals surface area contributed by atoms with Gasteiger partial charge in [0.15, 0.2) is 11.9 Å². The first-order chi connectivity index (χ1) is 21.3. The lowest BCUT2D eigenvalue weighted by Gasteiger charge is -2.35. The maximum absolute atomic E-state index is 12.4. The van der Waals surface area contributed by atoms with Crippen LogP contribution in [-0.4, -0.2) is 93.2 Å². The third kappa shape index (κ3) is 14.0. The Morgan fingerprint density at radius 2 is 1.22 bits per heavy atom. The summed E-state index contributed by atoms with van der Waals surface area (Å²) < 4.78 is 224. The van der Waals surface area contributed by atoms with Gasteiger partial charge in [0.1, 0.15) is 0 Å². The highest BCUT2D eigenvalue weighted by Gasteiger charge is 2.77. The van der Waals surface area contributed by atoms with Crippen molar-refractivity contribution in [2.24, 2.45) is 11.8 Å². The number of aliphatic hydroxyl groups is 4. The molecule has 0 radical (unpaired) electrons. The standard InChI is InChI=1S/C10H11F9O3.C7H8F6O2.C4H8O.C3H3F3O/c1-5(6(2,20)8(11,12)13)3-4-22-7(21,9(14,15)16)10(17,18)19;1-3-2-4(14)15-5(3,6(8,9)10)7(11,12)13;1-2-3-4-5;1-2(7)3(4,5)6/h3-5,20-21H,1-2H3;3-4,14H,2H2,1H3;2-3,5H,4H2,1H3;1H3/b4-3+;;3-2+;. The van der Waals surface area contributed by atoms with Crippen molar-refractivity contribution in [3.8, 4) is 0 Å². The minimum Gasteiger partial charge on any atom is -0.455 e. The maximum Gasteiger partial charge on any atom is 0.465 e. The van der Waals surface area contributed by atoms with Gasteiger partial charge in [-0.3, -0.25) is 4.79 Å². The third-order valence-electron chi connectivity index (χ3n) is 5.99. The Morgan fingerprint density at radius 3 is 1.39 bits per heavy atom. The number of hydrogen-bond donors (Lipinski definition) is 4. The van der Waals surface area contributed by atoms with Crippen LogP contribution >= 0.6 is 0 Å². The molecule has 0 bridgehead atoms. The largest absolute Gasteiger partial charge is 0.465 e. The van der Waals surface area contributed by atoms with Gasteiger partial charge in [-0.25, -0.2) is 0 Å². The summed E-state index contributed by atoms with van der Waals surface area (Å²) in [6, 6.07) is 0. The summed E-state index contributed by atoms with van der Waals surface area (Å²) in [5.41, 5.74) is -7.68. The van der Waals surface area contributed by atoms with Crippen molar-refractivity contribution in [1.82, 2.24) is 0 Å². The Kier molecular flexibility index (Phi) is 18.3. The fourth-order valence-electron chi connectivity index (χ4n) is 2.80. The summed E-state index contributed by atoms with van der Waals surface area (Å²) in [5, 5.41) is 34.4. The van der Waals surface area contributed by atoms with Gasteiger partial charge in [0.2, 0.25) is 5.78 Å². The normalized spacial score (nSPS) is 21.0. The van der Waals surface area contributed by atoms with E-state index in [1.807, 2.05) is 6.92 Å². The summed E-state index contributed by atoms with van der Waals surface area (Å²) in [7, 11) is 0. The van der Waals surface area contributed by atoms with Crippen LogP contribution in [0.1, 0.15) is 41.0 Å². The lowest BCUT2D eigenvalue weighted by Crippen LogP contribution is -2.60. The molecule has 7 nitrogen and oxygen atoms in total. The number of aliphatic hydroxyl groups excluding tert-OH is 2. The van der Waals surface area contributed by atoms with Crippen LogP contribution in [0.4, 0.5) is 79.0 Å². The van der Waals surface area contributed by atoms with E-state index in [1.54, 1.807) is 12.2 Å². The molecule has 1 fully saturated rings. The number of allylic oxidation sites excluding steroid dienone is 1. The van der Waals surface area contributed by atoms with Crippen LogP contribution in [0.3, 0.4) is 0 Å². The van der Waals surface area contributed by atoms with E-state index in [4.69, 9.17) is 20.4 Å². The highest BCUT2D eigenvalue weighted by atomic mass is 19.4. The number of carbonyl (C=O) groups is 1. The average molecular weight is 772 g/mol. The van der Waals surface area contributed by atoms with Gasteiger partial charge in [-0.1, -0.05) is 26.0 Å². The van der Waals surface area contributed by atoms with Crippen molar-refractivity contribution >= 4 is 5.78 Å². The quantitative estimate of drug-likeness (QED) is 0.101. The van der Waals surface area contributed by atoms with Crippen molar-refractivity contribution in [2.45, 2.75) is 101 Å². The van der Waals surface area contributed by atoms with Gasteiger partial charge in [0.25, 0.3) is 5.60 Å². The molecule has 1 aliphatic rings. The van der Waals surface area contributed by atoms with Gasteiger partial charge < -0.3 is 29.9 Å². The van der Waals surface area contributed by atoms with E-state index in [-0.39, 0.29) is 19.6 Å². The highest BCUT2D eigenvalue weighted by molar-refractivity contribution is 5.81. The van der Waals surface area contributed by atoms with Gasteiger partial charge in [-0.2, -0.15) is 79.0 Å². The molecule has 1 saturated heterocycles. The molecule has 49 heavy (non-hydrogen) atoms. The van der Waals surface area contributed by atoms with Crippen LogP contribution in [0.5, 0.6) is 0 Å². The second-order valence-corrected chi connectivity index (χ2v) is 9.77. The number of alkyl halides is 18. The van der Waals surface area contributed by atoms with E-state index >= 15 is 0 Å². The molecule has 1 rings (SSSR count). The molecule has 0 spiro atoms. The summed E-state index contributed by atoms with van der Waals surface area (Å²) in [6.07, 6.45) is -33.1. The van der Waals surface area contributed by atoms with Crippen molar-refractivity contribution in [1.29, 1.82) is 0 Å². The van der Waals surface area contributed by atoms with Crippen molar-refractivity contribution in [3.05, 3.63) is 24.5 Å². The molecule has 0 aromatic heterocycles. The Labute approximate surface area is 264 Å². The zero-order chi connectivity index (χ0) is 40.5. The Bertz CT molecular complexity index is 1020. The summed E-state index contributed by atoms with van der Waals surface area (Å²) >= 11 is 0. The number of Topliss-reactive ketones (excluding diaryl/α,β-unsaturated/α-hetero) is 1. The zero-order valence-electron chi connectivity index (χ0n) is 25.3. The van der Waals surface area contributed by atoms with E-state index in [9.17, 15) is 83.8 Å². The molecule has 4 atom stereocenters. The highest BCUT2D eigenvalue weighted by Crippen LogP contribution is 2.55. The molecule has 294 valence electrons. The van der Waals surface area contributed by atoms with Crippen LogP contribution < -0.4 is 0 Å². The number of ketones is 1. The summed E-state index contributed by atoms with van der Waals surface area (Å²) in [4.78, 5) is 9.34. The van der Waals surface area contributed by atoms with Gasteiger partial charge in [-0.15, -0.1) is 0 Å². The van der Waals surface area contributed by atoms with Gasteiger partial charge in [-0.05, 0) is 19.9 Å². The zero-order valence-corrected chi connectivity index (χ0v) is 25.3. The topological polar surface area (TPSA) is 116 Å². The van der Waals surface area contributed by atoms with Crippen LogP contribution in [0.15, 0.2) is 24.5 Å². The van der Waals surface area contributed by atoms with Crippen molar-refractivity contribution in [2.75, 3.05) is 6.61 Å². The van der Waals surface area contributed by atoms with Gasteiger partial charge in [0.05, 0.1) is 12.9 Å². The van der Waals surface area contributed by atoms with Gasteiger partial charge in [0, 0.05) is 25.2 Å². The first kappa shape index (κ1) is 50.9. The molecule has 1 heterocycles. The molecule has 25 heteroatoms. The fourth-order valence-corrected chi connectivity index (χ4v) is 2.80. The predicted molar refractivity (Wildman–Crippen MR) is 127 cm³/mol. The second kappa shape index (κ2) is 17.6.